The molecule has 2 bridgehead atoms. The van der Waals surface area contributed by atoms with Crippen LogP contribution < -0.4 is 15.4 Å². The summed E-state index contributed by atoms with van der Waals surface area (Å²) in [6, 6.07) is 6.72. The van der Waals surface area contributed by atoms with Crippen LogP contribution in [0.15, 0.2) is 36.4 Å². The van der Waals surface area contributed by atoms with Gasteiger partial charge in [-0.15, -0.1) is 0 Å². The summed E-state index contributed by atoms with van der Waals surface area (Å²) in [5.74, 6) is -1.15. The normalized spacial score (nSPS) is 33.5. The fourth-order valence-electron chi connectivity index (χ4n) is 5.15. The van der Waals surface area contributed by atoms with E-state index in [4.69, 9.17) is 9.47 Å². The SMILES string of the molecule is CNC(=O)[C@@H]1[C@@H]2C=C[C@@]3(O2)[C@H]1C(=O)N(C1CC1)[C@@H]3C(=O)NCc1ccc(OC)cc1. The highest BCUT2D eigenvalue weighted by Crippen LogP contribution is 2.56. The van der Waals surface area contributed by atoms with Crippen LogP contribution in [0.4, 0.5) is 0 Å². The molecular weight excluding hydrogens is 386 g/mol. The second kappa shape index (κ2) is 6.84. The zero-order valence-electron chi connectivity index (χ0n) is 17.0. The number of hydrogen-bond donors (Lipinski definition) is 2. The second-order valence-electron chi connectivity index (χ2n) is 8.36. The van der Waals surface area contributed by atoms with Gasteiger partial charge in [-0.1, -0.05) is 24.3 Å². The Balaban J connectivity index is 1.41. The summed E-state index contributed by atoms with van der Waals surface area (Å²) in [7, 11) is 3.16. The molecule has 3 amide bonds. The molecule has 2 N–H and O–H groups in total. The number of rotatable bonds is 6. The van der Waals surface area contributed by atoms with Crippen LogP contribution in [-0.2, 0) is 25.7 Å². The predicted molar refractivity (Wildman–Crippen MR) is 106 cm³/mol. The van der Waals surface area contributed by atoms with Gasteiger partial charge in [0.05, 0.1) is 25.0 Å². The molecule has 5 rings (SSSR count). The summed E-state index contributed by atoms with van der Waals surface area (Å²) in [5, 5.41) is 5.62. The molecule has 158 valence electrons. The second-order valence-corrected chi connectivity index (χ2v) is 8.36. The van der Waals surface area contributed by atoms with Crippen molar-refractivity contribution in [2.45, 2.75) is 43.2 Å². The first-order valence-electron chi connectivity index (χ1n) is 10.3. The van der Waals surface area contributed by atoms with Crippen LogP contribution in [-0.4, -0.2) is 60.6 Å². The van der Waals surface area contributed by atoms with Crippen molar-refractivity contribution in [3.05, 3.63) is 42.0 Å². The highest BCUT2D eigenvalue weighted by atomic mass is 16.5. The molecule has 8 nitrogen and oxygen atoms in total. The molecule has 2 saturated heterocycles. The zero-order valence-corrected chi connectivity index (χ0v) is 17.0. The van der Waals surface area contributed by atoms with Crippen LogP contribution in [0.5, 0.6) is 5.75 Å². The van der Waals surface area contributed by atoms with E-state index in [1.165, 1.54) is 0 Å². The molecule has 4 aliphatic rings. The van der Waals surface area contributed by atoms with E-state index >= 15 is 0 Å². The van der Waals surface area contributed by atoms with Crippen molar-refractivity contribution in [2.24, 2.45) is 11.8 Å². The number of likely N-dealkylation sites (tertiary alicyclic amines) is 1. The Labute approximate surface area is 174 Å². The molecule has 3 heterocycles. The first-order chi connectivity index (χ1) is 14.5. The molecule has 30 heavy (non-hydrogen) atoms. The van der Waals surface area contributed by atoms with E-state index in [0.29, 0.717) is 6.54 Å². The van der Waals surface area contributed by atoms with Gasteiger partial charge in [-0.3, -0.25) is 14.4 Å². The van der Waals surface area contributed by atoms with E-state index in [0.717, 1.165) is 24.2 Å². The number of hydrogen-bond acceptors (Lipinski definition) is 5. The first kappa shape index (κ1) is 19.1. The average Bonchev–Trinajstić information content (AvgIpc) is 3.36. The third-order valence-corrected chi connectivity index (χ3v) is 6.68. The summed E-state index contributed by atoms with van der Waals surface area (Å²) < 4.78 is 11.4. The van der Waals surface area contributed by atoms with Crippen molar-refractivity contribution in [3.8, 4) is 5.75 Å². The standard InChI is InChI=1S/C22H25N3O5/c1-23-19(26)16-15-9-10-22(30-15)17(16)21(28)25(13-5-6-13)18(22)20(27)24-11-12-3-7-14(29-2)8-4-12/h3-4,7-10,13,15-18H,5-6,11H2,1-2H3,(H,23,26)(H,24,27)/t15-,16+,17+,18+,22+/m0/s1. The number of amides is 3. The largest absolute Gasteiger partial charge is 0.497 e. The lowest BCUT2D eigenvalue weighted by atomic mass is 9.74. The number of benzene rings is 1. The molecule has 1 spiro atoms. The number of ether oxygens (including phenoxy) is 2. The minimum atomic E-state index is -1.08. The van der Waals surface area contributed by atoms with Crippen LogP contribution in [0.3, 0.4) is 0 Å². The number of carbonyl (C=O) groups is 3. The van der Waals surface area contributed by atoms with Gasteiger partial charge >= 0.3 is 0 Å². The van der Waals surface area contributed by atoms with Gasteiger partial charge in [0.1, 0.15) is 17.4 Å². The molecule has 8 heteroatoms. The molecular formula is C22H25N3O5. The van der Waals surface area contributed by atoms with Crippen LogP contribution in [0.25, 0.3) is 0 Å². The summed E-state index contributed by atoms with van der Waals surface area (Å²) in [5.41, 5.74) is -0.151. The molecule has 1 saturated carbocycles. The van der Waals surface area contributed by atoms with Crippen molar-refractivity contribution in [1.82, 2.24) is 15.5 Å². The monoisotopic (exact) mass is 411 g/mol. The van der Waals surface area contributed by atoms with Crippen LogP contribution in [0.1, 0.15) is 18.4 Å². The molecule has 0 unspecified atom stereocenters. The maximum Gasteiger partial charge on any atom is 0.246 e. The highest BCUT2D eigenvalue weighted by molar-refractivity contribution is 6.00. The van der Waals surface area contributed by atoms with Gasteiger partial charge in [0.15, 0.2) is 0 Å². The van der Waals surface area contributed by atoms with E-state index < -0.39 is 29.6 Å². The van der Waals surface area contributed by atoms with Crippen molar-refractivity contribution in [1.29, 1.82) is 0 Å². The fraction of sp³-hybridized carbons (Fsp3) is 0.500. The minimum Gasteiger partial charge on any atom is -0.497 e. The molecule has 3 aliphatic heterocycles. The lowest BCUT2D eigenvalue weighted by Gasteiger charge is -2.32. The maximum atomic E-state index is 13.4. The molecule has 1 aliphatic carbocycles. The van der Waals surface area contributed by atoms with Crippen molar-refractivity contribution >= 4 is 17.7 Å². The summed E-state index contributed by atoms with van der Waals surface area (Å²) in [6.07, 6.45) is 4.92. The van der Waals surface area contributed by atoms with Gasteiger partial charge in [-0.25, -0.2) is 0 Å². The molecule has 1 aromatic carbocycles. The van der Waals surface area contributed by atoms with Crippen LogP contribution in [0, 0.1) is 11.8 Å². The molecule has 3 fully saturated rings. The highest BCUT2D eigenvalue weighted by Gasteiger charge is 2.73. The minimum absolute atomic E-state index is 0.0376. The zero-order chi connectivity index (χ0) is 21.0. The number of nitrogens with one attached hydrogen (secondary N) is 2. The number of methoxy groups -OCH3 is 1. The molecule has 1 aromatic rings. The van der Waals surface area contributed by atoms with Crippen molar-refractivity contribution in [3.63, 3.8) is 0 Å². The molecule has 0 radical (unpaired) electrons. The lowest BCUT2D eigenvalue weighted by Crippen LogP contribution is -2.55. The Kier molecular flexibility index (Phi) is 4.36. The Morgan fingerprint density at radius 3 is 2.60 bits per heavy atom. The third-order valence-electron chi connectivity index (χ3n) is 6.68. The van der Waals surface area contributed by atoms with E-state index in [-0.39, 0.29) is 23.8 Å². The number of carbonyl (C=O) groups excluding carboxylic acids is 3. The Morgan fingerprint density at radius 1 is 1.23 bits per heavy atom. The van der Waals surface area contributed by atoms with E-state index in [1.54, 1.807) is 19.1 Å². The van der Waals surface area contributed by atoms with Crippen molar-refractivity contribution in [2.75, 3.05) is 14.2 Å². The lowest BCUT2D eigenvalue weighted by molar-refractivity contribution is -0.142. The van der Waals surface area contributed by atoms with E-state index in [1.807, 2.05) is 36.4 Å². The Bertz CT molecular complexity index is 925. The fourth-order valence-corrected chi connectivity index (χ4v) is 5.15. The Morgan fingerprint density at radius 2 is 1.97 bits per heavy atom. The number of nitrogens with zero attached hydrogens (tertiary/aromatic N) is 1. The number of fused-ring (bicyclic) bond motifs is 1. The topological polar surface area (TPSA) is 97.0 Å². The van der Waals surface area contributed by atoms with Gasteiger partial charge < -0.3 is 25.0 Å². The molecule has 0 aromatic heterocycles. The van der Waals surface area contributed by atoms with Gasteiger partial charge in [0.2, 0.25) is 17.7 Å². The smallest absolute Gasteiger partial charge is 0.246 e. The maximum absolute atomic E-state index is 13.4. The first-order valence-corrected chi connectivity index (χ1v) is 10.3. The Hall–Kier alpha value is -2.87. The van der Waals surface area contributed by atoms with Gasteiger partial charge in [-0.05, 0) is 30.5 Å². The van der Waals surface area contributed by atoms with Gasteiger partial charge in [0.25, 0.3) is 0 Å². The third kappa shape index (κ3) is 2.66. The van der Waals surface area contributed by atoms with E-state index in [9.17, 15) is 14.4 Å². The summed E-state index contributed by atoms with van der Waals surface area (Å²) in [4.78, 5) is 40.9. The average molecular weight is 411 g/mol. The van der Waals surface area contributed by atoms with Crippen LogP contribution in [0.2, 0.25) is 0 Å². The quantitative estimate of drug-likeness (QED) is 0.660. The molecule has 5 atom stereocenters. The van der Waals surface area contributed by atoms with Gasteiger partial charge in [0, 0.05) is 19.6 Å². The van der Waals surface area contributed by atoms with Crippen LogP contribution >= 0.6 is 0 Å². The van der Waals surface area contributed by atoms with Gasteiger partial charge in [-0.2, -0.15) is 0 Å². The van der Waals surface area contributed by atoms with E-state index in [2.05, 4.69) is 10.6 Å². The summed E-state index contributed by atoms with van der Waals surface area (Å²) in [6.45, 7) is 0.332. The summed E-state index contributed by atoms with van der Waals surface area (Å²) >= 11 is 0. The van der Waals surface area contributed by atoms with Crippen molar-refractivity contribution < 1.29 is 23.9 Å². The predicted octanol–water partition coefficient (Wildman–Crippen LogP) is 0.370.